The van der Waals surface area contributed by atoms with E-state index >= 15 is 0 Å². The van der Waals surface area contributed by atoms with Crippen LogP contribution in [-0.2, 0) is 6.54 Å². The zero-order valence-corrected chi connectivity index (χ0v) is 10.8. The zero-order chi connectivity index (χ0) is 12.3. The van der Waals surface area contributed by atoms with Gasteiger partial charge in [0.15, 0.2) is 0 Å². The van der Waals surface area contributed by atoms with Crippen LogP contribution in [-0.4, -0.2) is 16.6 Å². The highest BCUT2D eigenvalue weighted by molar-refractivity contribution is 6.30. The third-order valence-corrected chi connectivity index (χ3v) is 3.09. The molecular weight excluding hydrogens is 234 g/mol. The maximum absolute atomic E-state index is 6.01. The molecule has 0 saturated carbocycles. The van der Waals surface area contributed by atoms with Crippen LogP contribution in [0.4, 0.5) is 0 Å². The number of aromatic nitrogens is 2. The van der Waals surface area contributed by atoms with E-state index in [0.717, 1.165) is 11.6 Å². The SMILES string of the molecule is CNCc1cncn1C(C)c1cccc(Cl)c1. The van der Waals surface area contributed by atoms with Gasteiger partial charge in [-0.3, -0.25) is 0 Å². The number of hydrogen-bond acceptors (Lipinski definition) is 2. The van der Waals surface area contributed by atoms with Crippen molar-refractivity contribution < 1.29 is 0 Å². The molecule has 0 saturated heterocycles. The van der Waals surface area contributed by atoms with E-state index in [1.54, 1.807) is 0 Å². The minimum Gasteiger partial charge on any atom is -0.326 e. The lowest BCUT2D eigenvalue weighted by molar-refractivity contribution is 0.593. The summed E-state index contributed by atoms with van der Waals surface area (Å²) in [6, 6.07) is 8.18. The van der Waals surface area contributed by atoms with E-state index in [-0.39, 0.29) is 6.04 Å². The molecule has 1 aromatic heterocycles. The predicted molar refractivity (Wildman–Crippen MR) is 70.3 cm³/mol. The molecule has 0 spiro atoms. The lowest BCUT2D eigenvalue weighted by Crippen LogP contribution is -2.14. The van der Waals surface area contributed by atoms with E-state index < -0.39 is 0 Å². The highest BCUT2D eigenvalue weighted by Gasteiger charge is 2.11. The first-order valence-corrected chi connectivity index (χ1v) is 6.01. The summed E-state index contributed by atoms with van der Waals surface area (Å²) in [5.41, 5.74) is 2.35. The number of nitrogens with zero attached hydrogens (tertiary/aromatic N) is 2. The molecule has 0 radical (unpaired) electrons. The van der Waals surface area contributed by atoms with E-state index in [1.807, 2.05) is 37.8 Å². The Balaban J connectivity index is 2.30. The molecule has 17 heavy (non-hydrogen) atoms. The molecular formula is C13H16ClN3. The Kier molecular flexibility index (Phi) is 3.82. The quantitative estimate of drug-likeness (QED) is 0.903. The summed E-state index contributed by atoms with van der Waals surface area (Å²) in [7, 11) is 1.93. The van der Waals surface area contributed by atoms with Gasteiger partial charge >= 0.3 is 0 Å². The number of imidazole rings is 1. The van der Waals surface area contributed by atoms with Gasteiger partial charge in [0.2, 0.25) is 0 Å². The fourth-order valence-corrected chi connectivity index (χ4v) is 2.12. The van der Waals surface area contributed by atoms with Crippen molar-refractivity contribution in [3.05, 3.63) is 53.1 Å². The molecule has 2 aromatic rings. The second kappa shape index (κ2) is 5.34. The average Bonchev–Trinajstić information content (AvgIpc) is 2.77. The van der Waals surface area contributed by atoms with Crippen molar-refractivity contribution in [1.29, 1.82) is 0 Å². The summed E-state index contributed by atoms with van der Waals surface area (Å²) in [4.78, 5) is 4.20. The van der Waals surface area contributed by atoms with Crippen molar-refractivity contribution in [3.63, 3.8) is 0 Å². The van der Waals surface area contributed by atoms with Crippen molar-refractivity contribution in [1.82, 2.24) is 14.9 Å². The molecule has 0 bridgehead atoms. The first-order valence-electron chi connectivity index (χ1n) is 5.63. The fourth-order valence-electron chi connectivity index (χ4n) is 1.93. The van der Waals surface area contributed by atoms with Crippen LogP contribution in [0.15, 0.2) is 36.8 Å². The lowest BCUT2D eigenvalue weighted by Gasteiger charge is -2.17. The van der Waals surface area contributed by atoms with Gasteiger partial charge in [0.1, 0.15) is 0 Å². The predicted octanol–water partition coefficient (Wildman–Crippen LogP) is 2.87. The molecule has 2 rings (SSSR count). The summed E-state index contributed by atoms with van der Waals surface area (Å²) in [5.74, 6) is 0. The maximum atomic E-state index is 6.01. The smallest absolute Gasteiger partial charge is 0.0954 e. The normalized spacial score (nSPS) is 12.6. The molecule has 0 fully saturated rings. The molecule has 0 aliphatic heterocycles. The van der Waals surface area contributed by atoms with Crippen LogP contribution in [0.1, 0.15) is 24.2 Å². The molecule has 1 heterocycles. The van der Waals surface area contributed by atoms with Crippen LogP contribution in [0.5, 0.6) is 0 Å². The Morgan fingerprint density at radius 2 is 2.29 bits per heavy atom. The monoisotopic (exact) mass is 249 g/mol. The van der Waals surface area contributed by atoms with Crippen molar-refractivity contribution in [2.24, 2.45) is 0 Å². The first kappa shape index (κ1) is 12.1. The Hall–Kier alpha value is -1.32. The minimum absolute atomic E-state index is 0.236. The van der Waals surface area contributed by atoms with Crippen LogP contribution in [0, 0.1) is 0 Å². The topological polar surface area (TPSA) is 29.9 Å². The van der Waals surface area contributed by atoms with Crippen molar-refractivity contribution in [2.45, 2.75) is 19.5 Å². The summed E-state index contributed by atoms with van der Waals surface area (Å²) in [5, 5.41) is 3.91. The summed E-state index contributed by atoms with van der Waals surface area (Å²) >= 11 is 6.01. The summed E-state index contributed by atoms with van der Waals surface area (Å²) in [6.45, 7) is 2.96. The average molecular weight is 250 g/mol. The number of halogens is 1. The largest absolute Gasteiger partial charge is 0.326 e. The molecule has 0 amide bonds. The van der Waals surface area contributed by atoms with Gasteiger partial charge in [0, 0.05) is 17.8 Å². The van der Waals surface area contributed by atoms with E-state index in [9.17, 15) is 0 Å². The number of nitrogens with one attached hydrogen (secondary N) is 1. The Labute approximate surface area is 106 Å². The summed E-state index contributed by atoms with van der Waals surface area (Å²) in [6.07, 6.45) is 3.75. The number of benzene rings is 1. The van der Waals surface area contributed by atoms with Gasteiger partial charge in [-0.25, -0.2) is 4.98 Å². The second-order valence-corrected chi connectivity index (χ2v) is 4.49. The van der Waals surface area contributed by atoms with E-state index in [1.165, 1.54) is 11.3 Å². The molecule has 1 atom stereocenters. The molecule has 1 aromatic carbocycles. The Bertz CT molecular complexity index is 493. The molecule has 0 aliphatic rings. The highest BCUT2D eigenvalue weighted by Crippen LogP contribution is 2.22. The second-order valence-electron chi connectivity index (χ2n) is 4.05. The first-order chi connectivity index (χ1) is 8.22. The number of hydrogen-bond donors (Lipinski definition) is 1. The third-order valence-electron chi connectivity index (χ3n) is 2.85. The maximum Gasteiger partial charge on any atom is 0.0954 e. The van der Waals surface area contributed by atoms with E-state index in [4.69, 9.17) is 11.6 Å². The molecule has 0 aliphatic carbocycles. The van der Waals surface area contributed by atoms with Crippen molar-refractivity contribution in [2.75, 3.05) is 7.05 Å². The third kappa shape index (κ3) is 2.68. The van der Waals surface area contributed by atoms with Crippen LogP contribution in [0.2, 0.25) is 5.02 Å². The van der Waals surface area contributed by atoms with Gasteiger partial charge < -0.3 is 9.88 Å². The van der Waals surface area contributed by atoms with Crippen LogP contribution in [0.25, 0.3) is 0 Å². The zero-order valence-electron chi connectivity index (χ0n) is 10.0. The van der Waals surface area contributed by atoms with E-state index in [2.05, 4.69) is 27.9 Å². The van der Waals surface area contributed by atoms with E-state index in [0.29, 0.717) is 0 Å². The molecule has 3 nitrogen and oxygen atoms in total. The van der Waals surface area contributed by atoms with Gasteiger partial charge in [0.05, 0.1) is 18.1 Å². The molecule has 4 heteroatoms. The lowest BCUT2D eigenvalue weighted by atomic mass is 10.1. The van der Waals surface area contributed by atoms with Gasteiger partial charge in [-0.15, -0.1) is 0 Å². The minimum atomic E-state index is 0.236. The Morgan fingerprint density at radius 3 is 3.00 bits per heavy atom. The van der Waals surface area contributed by atoms with Gasteiger partial charge in [0.25, 0.3) is 0 Å². The van der Waals surface area contributed by atoms with Gasteiger partial charge in [-0.1, -0.05) is 23.7 Å². The molecule has 1 unspecified atom stereocenters. The van der Waals surface area contributed by atoms with Crippen molar-refractivity contribution in [3.8, 4) is 0 Å². The van der Waals surface area contributed by atoms with Gasteiger partial charge in [-0.05, 0) is 31.7 Å². The van der Waals surface area contributed by atoms with Crippen LogP contribution < -0.4 is 5.32 Å². The molecule has 1 N–H and O–H groups in total. The highest BCUT2D eigenvalue weighted by atomic mass is 35.5. The van der Waals surface area contributed by atoms with Crippen LogP contribution in [0.3, 0.4) is 0 Å². The standard InChI is InChI=1S/C13H16ClN3/c1-10(11-4-3-5-12(14)6-11)17-9-16-8-13(17)7-15-2/h3-6,8-10,15H,7H2,1-2H3. The van der Waals surface area contributed by atoms with Gasteiger partial charge in [-0.2, -0.15) is 0 Å². The Morgan fingerprint density at radius 1 is 1.47 bits per heavy atom. The van der Waals surface area contributed by atoms with Crippen LogP contribution >= 0.6 is 11.6 Å². The summed E-state index contributed by atoms with van der Waals surface area (Å²) < 4.78 is 2.15. The molecule has 90 valence electrons. The van der Waals surface area contributed by atoms with Crippen molar-refractivity contribution >= 4 is 11.6 Å². The fraction of sp³-hybridized carbons (Fsp3) is 0.308. The number of rotatable bonds is 4.